The predicted molar refractivity (Wildman–Crippen MR) is 68.5 cm³/mol. The number of primary amides is 1. The quantitative estimate of drug-likeness (QED) is 0.861. The Morgan fingerprint density at radius 2 is 2.06 bits per heavy atom. The van der Waals surface area contributed by atoms with Crippen LogP contribution in [0, 0.1) is 0 Å². The molecule has 1 aromatic carbocycles. The van der Waals surface area contributed by atoms with Gasteiger partial charge in [-0.25, -0.2) is 4.98 Å². The van der Waals surface area contributed by atoms with Gasteiger partial charge in [0.15, 0.2) is 0 Å². The second-order valence-corrected chi connectivity index (χ2v) is 4.01. The highest BCUT2D eigenvalue weighted by molar-refractivity contribution is 6.29. The molecular formula is C13H11ClN2O2. The van der Waals surface area contributed by atoms with Gasteiger partial charge < -0.3 is 10.5 Å². The molecule has 0 saturated carbocycles. The van der Waals surface area contributed by atoms with E-state index >= 15 is 0 Å². The SMILES string of the molecule is NC(=O)c1ccccc1COc1ccc(Cl)nc1. The van der Waals surface area contributed by atoms with Crippen LogP contribution in [-0.2, 0) is 6.61 Å². The molecule has 0 radical (unpaired) electrons. The van der Waals surface area contributed by atoms with Crippen LogP contribution in [0.15, 0.2) is 42.6 Å². The van der Waals surface area contributed by atoms with Gasteiger partial charge in [0.25, 0.3) is 0 Å². The van der Waals surface area contributed by atoms with Gasteiger partial charge in [-0.3, -0.25) is 4.79 Å². The molecule has 0 atom stereocenters. The largest absolute Gasteiger partial charge is 0.487 e. The van der Waals surface area contributed by atoms with Crippen molar-refractivity contribution in [3.05, 3.63) is 58.9 Å². The Kier molecular flexibility index (Phi) is 3.79. The molecule has 2 N–H and O–H groups in total. The van der Waals surface area contributed by atoms with Crippen LogP contribution in [0.3, 0.4) is 0 Å². The Bertz CT molecular complexity index is 555. The summed E-state index contributed by atoms with van der Waals surface area (Å²) in [6.07, 6.45) is 1.52. The van der Waals surface area contributed by atoms with Gasteiger partial charge in [-0.15, -0.1) is 0 Å². The van der Waals surface area contributed by atoms with E-state index in [0.29, 0.717) is 16.5 Å². The van der Waals surface area contributed by atoms with Gasteiger partial charge in [-0.2, -0.15) is 0 Å². The molecule has 2 aromatic rings. The Hall–Kier alpha value is -2.07. The van der Waals surface area contributed by atoms with Gasteiger partial charge in [-0.1, -0.05) is 29.8 Å². The monoisotopic (exact) mass is 262 g/mol. The maximum absolute atomic E-state index is 11.2. The Balaban J connectivity index is 2.10. The predicted octanol–water partition coefficient (Wildman–Crippen LogP) is 2.41. The van der Waals surface area contributed by atoms with Crippen molar-refractivity contribution in [3.63, 3.8) is 0 Å². The van der Waals surface area contributed by atoms with E-state index in [9.17, 15) is 4.79 Å². The third kappa shape index (κ3) is 2.99. The van der Waals surface area contributed by atoms with Crippen LogP contribution in [0.5, 0.6) is 5.75 Å². The standard InChI is InChI=1S/C13H11ClN2O2/c14-12-6-5-10(7-16-12)18-8-9-3-1-2-4-11(9)13(15)17/h1-7H,8H2,(H2,15,17). The van der Waals surface area contributed by atoms with Crippen LogP contribution >= 0.6 is 11.6 Å². The number of rotatable bonds is 4. The average Bonchev–Trinajstić information content (AvgIpc) is 2.38. The lowest BCUT2D eigenvalue weighted by atomic mass is 10.1. The molecule has 4 nitrogen and oxygen atoms in total. The lowest BCUT2D eigenvalue weighted by Gasteiger charge is -2.08. The number of amides is 1. The van der Waals surface area contributed by atoms with E-state index in [1.165, 1.54) is 6.20 Å². The van der Waals surface area contributed by atoms with Gasteiger partial charge in [0, 0.05) is 11.1 Å². The highest BCUT2D eigenvalue weighted by Crippen LogP contribution is 2.15. The molecule has 92 valence electrons. The van der Waals surface area contributed by atoms with Crippen molar-refractivity contribution in [3.8, 4) is 5.75 Å². The zero-order chi connectivity index (χ0) is 13.0. The maximum Gasteiger partial charge on any atom is 0.249 e. The number of carbonyl (C=O) groups is 1. The van der Waals surface area contributed by atoms with E-state index in [1.54, 1.807) is 30.3 Å². The van der Waals surface area contributed by atoms with Crippen molar-refractivity contribution in [1.29, 1.82) is 0 Å². The zero-order valence-corrected chi connectivity index (χ0v) is 10.2. The fourth-order valence-electron chi connectivity index (χ4n) is 1.50. The molecule has 5 heteroatoms. The molecule has 0 aliphatic heterocycles. The Morgan fingerprint density at radius 1 is 1.28 bits per heavy atom. The van der Waals surface area contributed by atoms with Gasteiger partial charge >= 0.3 is 0 Å². The Morgan fingerprint density at radius 3 is 2.72 bits per heavy atom. The topological polar surface area (TPSA) is 65.2 Å². The summed E-state index contributed by atoms with van der Waals surface area (Å²) < 4.78 is 5.51. The smallest absolute Gasteiger partial charge is 0.249 e. The van der Waals surface area contributed by atoms with Crippen LogP contribution in [-0.4, -0.2) is 10.9 Å². The molecule has 1 amide bonds. The molecule has 1 aromatic heterocycles. The fraction of sp³-hybridized carbons (Fsp3) is 0.0769. The number of pyridine rings is 1. The minimum atomic E-state index is -0.469. The lowest BCUT2D eigenvalue weighted by Crippen LogP contribution is -2.14. The van der Waals surface area contributed by atoms with Crippen LogP contribution in [0.2, 0.25) is 5.15 Å². The molecule has 0 unspecified atom stereocenters. The normalized spacial score (nSPS) is 10.1. The fourth-order valence-corrected chi connectivity index (χ4v) is 1.61. The molecule has 0 aliphatic carbocycles. The van der Waals surface area contributed by atoms with Gasteiger partial charge in [0.2, 0.25) is 5.91 Å². The lowest BCUT2D eigenvalue weighted by molar-refractivity contribution is 0.0998. The number of nitrogens with zero attached hydrogens (tertiary/aromatic N) is 1. The first-order valence-corrected chi connectivity index (χ1v) is 5.66. The summed E-state index contributed by atoms with van der Waals surface area (Å²) in [6.45, 7) is 0.252. The Labute approximate surface area is 109 Å². The summed E-state index contributed by atoms with van der Waals surface area (Å²) in [5.41, 5.74) is 6.47. The number of halogens is 1. The second-order valence-electron chi connectivity index (χ2n) is 3.63. The molecule has 0 spiro atoms. The van der Waals surface area contributed by atoms with Crippen LogP contribution in [0.1, 0.15) is 15.9 Å². The number of nitrogens with two attached hydrogens (primary N) is 1. The third-order valence-electron chi connectivity index (χ3n) is 2.38. The number of hydrogen-bond acceptors (Lipinski definition) is 3. The average molecular weight is 263 g/mol. The second kappa shape index (κ2) is 5.51. The van der Waals surface area contributed by atoms with Crippen molar-refractivity contribution >= 4 is 17.5 Å². The van der Waals surface area contributed by atoms with Crippen molar-refractivity contribution < 1.29 is 9.53 Å². The summed E-state index contributed by atoms with van der Waals surface area (Å²) in [7, 11) is 0. The van der Waals surface area contributed by atoms with E-state index in [1.807, 2.05) is 6.07 Å². The van der Waals surface area contributed by atoms with Crippen LogP contribution in [0.25, 0.3) is 0 Å². The highest BCUT2D eigenvalue weighted by Gasteiger charge is 2.07. The summed E-state index contributed by atoms with van der Waals surface area (Å²) in [4.78, 5) is 15.1. The van der Waals surface area contributed by atoms with E-state index in [-0.39, 0.29) is 6.61 Å². The van der Waals surface area contributed by atoms with E-state index in [4.69, 9.17) is 22.1 Å². The van der Waals surface area contributed by atoms with E-state index in [2.05, 4.69) is 4.98 Å². The van der Waals surface area contributed by atoms with Crippen molar-refractivity contribution in [2.75, 3.05) is 0 Å². The third-order valence-corrected chi connectivity index (χ3v) is 2.60. The zero-order valence-electron chi connectivity index (χ0n) is 9.47. The molecule has 1 heterocycles. The molecule has 0 fully saturated rings. The molecule has 0 aliphatic rings. The number of carbonyl (C=O) groups excluding carboxylic acids is 1. The summed E-state index contributed by atoms with van der Waals surface area (Å²) in [5.74, 6) is 0.113. The van der Waals surface area contributed by atoms with Crippen molar-refractivity contribution in [2.24, 2.45) is 5.73 Å². The molecule has 0 bridgehead atoms. The number of benzene rings is 1. The molecular weight excluding hydrogens is 252 g/mol. The minimum Gasteiger partial charge on any atom is -0.487 e. The number of aromatic nitrogens is 1. The summed E-state index contributed by atoms with van der Waals surface area (Å²) >= 11 is 5.67. The minimum absolute atomic E-state index is 0.252. The van der Waals surface area contributed by atoms with Gasteiger partial charge in [0.05, 0.1) is 6.20 Å². The molecule has 0 saturated heterocycles. The van der Waals surface area contributed by atoms with Gasteiger partial charge in [-0.05, 0) is 18.2 Å². The summed E-state index contributed by atoms with van der Waals surface area (Å²) in [5, 5.41) is 0.403. The van der Waals surface area contributed by atoms with Crippen molar-refractivity contribution in [1.82, 2.24) is 4.98 Å². The first-order chi connectivity index (χ1) is 8.66. The first kappa shape index (κ1) is 12.4. The summed E-state index contributed by atoms with van der Waals surface area (Å²) in [6, 6.07) is 10.4. The van der Waals surface area contributed by atoms with E-state index in [0.717, 1.165) is 5.56 Å². The van der Waals surface area contributed by atoms with Gasteiger partial charge in [0.1, 0.15) is 17.5 Å². The number of hydrogen-bond donors (Lipinski definition) is 1. The first-order valence-electron chi connectivity index (χ1n) is 5.29. The molecule has 2 rings (SSSR count). The van der Waals surface area contributed by atoms with Crippen LogP contribution < -0.4 is 10.5 Å². The maximum atomic E-state index is 11.2. The molecule has 18 heavy (non-hydrogen) atoms. The van der Waals surface area contributed by atoms with Crippen molar-refractivity contribution in [2.45, 2.75) is 6.61 Å². The van der Waals surface area contributed by atoms with E-state index < -0.39 is 5.91 Å². The highest BCUT2D eigenvalue weighted by atomic mass is 35.5. The number of ether oxygens (including phenoxy) is 1. The van der Waals surface area contributed by atoms with Crippen LogP contribution in [0.4, 0.5) is 0 Å².